The molecule has 1 aromatic carbocycles. The average molecular weight is 388 g/mol. The summed E-state index contributed by atoms with van der Waals surface area (Å²) in [6, 6.07) is 10.3. The van der Waals surface area contributed by atoms with E-state index in [2.05, 4.69) is 15.2 Å². The second-order valence-electron chi connectivity index (χ2n) is 7.09. The first-order chi connectivity index (χ1) is 13.1. The molecule has 7 nitrogen and oxygen atoms in total. The van der Waals surface area contributed by atoms with Crippen LogP contribution in [-0.4, -0.2) is 58.0 Å². The van der Waals surface area contributed by atoms with Crippen molar-refractivity contribution in [1.29, 1.82) is 0 Å². The summed E-state index contributed by atoms with van der Waals surface area (Å²) in [5, 5.41) is 3.30. The Morgan fingerprint density at radius 2 is 1.93 bits per heavy atom. The van der Waals surface area contributed by atoms with Crippen LogP contribution in [-0.2, 0) is 15.5 Å². The molecule has 0 aliphatic carbocycles. The third-order valence-electron chi connectivity index (χ3n) is 5.08. The minimum atomic E-state index is -0.841. The number of rotatable bonds is 6. The minimum absolute atomic E-state index is 0.369. The molecule has 144 valence electrons. The van der Waals surface area contributed by atoms with Gasteiger partial charge in [0.2, 0.25) is 0 Å². The summed E-state index contributed by atoms with van der Waals surface area (Å²) in [5.41, 5.74) is 7.45. The number of ether oxygens (including phenoxy) is 1. The fourth-order valence-corrected chi connectivity index (χ4v) is 4.13. The molecule has 8 heteroatoms. The highest BCUT2D eigenvalue weighted by molar-refractivity contribution is 7.84. The molecule has 2 aromatic rings. The van der Waals surface area contributed by atoms with Crippen molar-refractivity contribution in [3.05, 3.63) is 30.3 Å². The monoisotopic (exact) mass is 387 g/mol. The maximum Gasteiger partial charge on any atom is 0.163 e. The molecular formula is C19H25N5O2S. The van der Waals surface area contributed by atoms with E-state index in [9.17, 15) is 4.21 Å². The Morgan fingerprint density at radius 1 is 1.22 bits per heavy atom. The van der Waals surface area contributed by atoms with Crippen molar-refractivity contribution in [1.82, 2.24) is 9.97 Å². The van der Waals surface area contributed by atoms with Crippen molar-refractivity contribution in [2.45, 2.75) is 24.9 Å². The Balaban J connectivity index is 1.68. The Hall–Kier alpha value is -2.19. The van der Waals surface area contributed by atoms with Gasteiger partial charge in [-0.2, -0.15) is 0 Å². The van der Waals surface area contributed by atoms with Gasteiger partial charge < -0.3 is 20.7 Å². The van der Waals surface area contributed by atoms with E-state index < -0.39 is 10.8 Å². The van der Waals surface area contributed by atoms with Gasteiger partial charge in [0.25, 0.3) is 0 Å². The molecule has 3 unspecified atom stereocenters. The number of anilines is 3. The first-order valence-electron chi connectivity index (χ1n) is 9.25. The third kappa shape index (κ3) is 4.06. The predicted octanol–water partition coefficient (Wildman–Crippen LogP) is 1.88. The summed E-state index contributed by atoms with van der Waals surface area (Å²) in [6.45, 7) is 2.10. The van der Waals surface area contributed by atoms with E-state index in [1.54, 1.807) is 6.26 Å². The SMILES string of the molecule is CS(=O)CCNc1cc(N2C3CCC2COC3)nc(-c2ccc(N)cc2)n1. The van der Waals surface area contributed by atoms with Gasteiger partial charge in [-0.25, -0.2) is 9.97 Å². The van der Waals surface area contributed by atoms with Gasteiger partial charge in [-0.15, -0.1) is 0 Å². The number of nitrogens with one attached hydrogen (secondary N) is 1. The van der Waals surface area contributed by atoms with Crippen molar-refractivity contribution in [2.24, 2.45) is 0 Å². The smallest absolute Gasteiger partial charge is 0.163 e. The molecule has 3 heterocycles. The molecule has 3 atom stereocenters. The first kappa shape index (κ1) is 18.2. The Bertz CT molecular complexity index is 813. The highest BCUT2D eigenvalue weighted by Gasteiger charge is 2.38. The Labute approximate surface area is 161 Å². The van der Waals surface area contributed by atoms with Gasteiger partial charge in [0.05, 0.1) is 25.3 Å². The number of nitrogen functional groups attached to an aromatic ring is 1. The van der Waals surface area contributed by atoms with Crippen molar-refractivity contribution in [3.8, 4) is 11.4 Å². The molecule has 0 radical (unpaired) electrons. The zero-order valence-electron chi connectivity index (χ0n) is 15.4. The number of fused-ring (bicyclic) bond motifs is 2. The second-order valence-corrected chi connectivity index (χ2v) is 8.65. The molecule has 0 spiro atoms. The fourth-order valence-electron chi connectivity index (χ4n) is 3.74. The Kier molecular flexibility index (Phi) is 5.27. The molecule has 0 saturated carbocycles. The molecule has 27 heavy (non-hydrogen) atoms. The minimum Gasteiger partial charge on any atom is -0.399 e. The molecule has 3 N–H and O–H groups in total. The van der Waals surface area contributed by atoms with Crippen molar-refractivity contribution >= 4 is 28.1 Å². The van der Waals surface area contributed by atoms with Crippen molar-refractivity contribution in [3.63, 3.8) is 0 Å². The highest BCUT2D eigenvalue weighted by Crippen LogP contribution is 2.34. The zero-order chi connectivity index (χ0) is 18.8. The van der Waals surface area contributed by atoms with Crippen LogP contribution >= 0.6 is 0 Å². The summed E-state index contributed by atoms with van der Waals surface area (Å²) in [5.74, 6) is 2.92. The standard InChI is InChI=1S/C19H25N5O2S/c1-27(25)9-8-21-17-10-18(24-15-6-7-16(24)12-26-11-15)23-19(22-17)13-2-4-14(20)5-3-13/h2-5,10,15-16H,6-9,11-12,20H2,1H3,(H,21,22,23). The van der Waals surface area contributed by atoms with Crippen molar-refractivity contribution < 1.29 is 8.95 Å². The quantitative estimate of drug-likeness (QED) is 0.731. The van der Waals surface area contributed by atoms with Gasteiger partial charge in [-0.1, -0.05) is 0 Å². The Morgan fingerprint density at radius 3 is 2.59 bits per heavy atom. The summed E-state index contributed by atoms with van der Waals surface area (Å²) in [7, 11) is -0.841. The maximum atomic E-state index is 11.4. The average Bonchev–Trinajstić information content (AvgIpc) is 2.90. The van der Waals surface area contributed by atoms with E-state index >= 15 is 0 Å². The molecule has 2 saturated heterocycles. The molecule has 2 fully saturated rings. The van der Waals surface area contributed by atoms with Crippen LogP contribution in [0.1, 0.15) is 12.8 Å². The van der Waals surface area contributed by atoms with Crippen LogP contribution in [0.5, 0.6) is 0 Å². The lowest BCUT2D eigenvalue weighted by molar-refractivity contribution is 0.0902. The number of morpholine rings is 1. The summed E-state index contributed by atoms with van der Waals surface area (Å²) in [4.78, 5) is 11.9. The first-order valence-corrected chi connectivity index (χ1v) is 11.0. The fraction of sp³-hybridized carbons (Fsp3) is 0.474. The van der Waals surface area contributed by atoms with Crippen LogP contribution in [0.25, 0.3) is 11.4 Å². The summed E-state index contributed by atoms with van der Waals surface area (Å²) in [6.07, 6.45) is 3.96. The summed E-state index contributed by atoms with van der Waals surface area (Å²) >= 11 is 0. The normalized spacial score (nSPS) is 22.6. The molecule has 2 aliphatic heterocycles. The van der Waals surface area contributed by atoms with Gasteiger partial charge in [0.1, 0.15) is 11.6 Å². The lowest BCUT2D eigenvalue weighted by Crippen LogP contribution is -2.46. The molecule has 2 aliphatic rings. The van der Waals surface area contributed by atoms with Gasteiger partial charge in [-0.3, -0.25) is 4.21 Å². The lowest BCUT2D eigenvalue weighted by Gasteiger charge is -2.35. The summed E-state index contributed by atoms with van der Waals surface area (Å²) < 4.78 is 17.1. The zero-order valence-corrected chi connectivity index (χ0v) is 16.2. The number of nitrogens with zero attached hydrogens (tertiary/aromatic N) is 3. The number of aromatic nitrogens is 2. The predicted molar refractivity (Wildman–Crippen MR) is 109 cm³/mol. The largest absolute Gasteiger partial charge is 0.399 e. The van der Waals surface area contributed by atoms with Crippen LogP contribution < -0.4 is 16.0 Å². The van der Waals surface area contributed by atoms with Gasteiger partial charge in [0, 0.05) is 46.7 Å². The molecule has 4 rings (SSSR count). The number of benzene rings is 1. The van der Waals surface area contributed by atoms with E-state index in [-0.39, 0.29) is 0 Å². The van der Waals surface area contributed by atoms with Crippen LogP contribution in [0, 0.1) is 0 Å². The van der Waals surface area contributed by atoms with Crippen LogP contribution in [0.4, 0.5) is 17.3 Å². The molecule has 0 amide bonds. The van der Waals surface area contributed by atoms with Crippen molar-refractivity contribution in [2.75, 3.05) is 47.7 Å². The van der Waals surface area contributed by atoms with Crippen LogP contribution in [0.3, 0.4) is 0 Å². The van der Waals surface area contributed by atoms with Crippen LogP contribution in [0.2, 0.25) is 0 Å². The van der Waals surface area contributed by atoms with E-state index in [4.69, 9.17) is 15.5 Å². The molecule has 1 aromatic heterocycles. The second kappa shape index (κ2) is 7.82. The van der Waals surface area contributed by atoms with Gasteiger partial charge >= 0.3 is 0 Å². The number of hydrogen-bond acceptors (Lipinski definition) is 7. The highest BCUT2D eigenvalue weighted by atomic mass is 32.2. The van der Waals surface area contributed by atoms with E-state index in [0.717, 1.165) is 43.3 Å². The van der Waals surface area contributed by atoms with Crippen LogP contribution in [0.15, 0.2) is 30.3 Å². The van der Waals surface area contributed by atoms with E-state index in [1.165, 1.54) is 0 Å². The van der Waals surface area contributed by atoms with Gasteiger partial charge in [-0.05, 0) is 37.1 Å². The number of nitrogens with two attached hydrogens (primary N) is 1. The van der Waals surface area contributed by atoms with Gasteiger partial charge in [0.15, 0.2) is 5.82 Å². The third-order valence-corrected chi connectivity index (χ3v) is 5.86. The molecular weight excluding hydrogens is 362 g/mol. The number of hydrogen-bond donors (Lipinski definition) is 2. The topological polar surface area (TPSA) is 93.4 Å². The van der Waals surface area contributed by atoms with E-state index in [1.807, 2.05) is 30.3 Å². The molecule has 2 bridgehead atoms. The maximum absolute atomic E-state index is 11.4. The van der Waals surface area contributed by atoms with E-state index in [0.29, 0.717) is 35.9 Å². The lowest BCUT2D eigenvalue weighted by atomic mass is 10.2.